The topological polar surface area (TPSA) is 77.8 Å². The van der Waals surface area contributed by atoms with E-state index < -0.39 is 5.97 Å². The largest absolute Gasteiger partial charge is 0.481 e. The van der Waals surface area contributed by atoms with E-state index in [4.69, 9.17) is 0 Å². The molecule has 10 atom stereocenters. The maximum atomic E-state index is 11.3. The minimum atomic E-state index is -0.690. The van der Waals surface area contributed by atoms with Gasteiger partial charge in [0.2, 0.25) is 0 Å². The highest BCUT2D eigenvalue weighted by atomic mass is 16.4. The van der Waals surface area contributed by atoms with E-state index in [0.29, 0.717) is 29.6 Å². The van der Waals surface area contributed by atoms with E-state index in [1.54, 1.807) is 0 Å². The second-order valence-electron chi connectivity index (χ2n) is 12.0. The fourth-order valence-corrected chi connectivity index (χ4v) is 8.97. The summed E-state index contributed by atoms with van der Waals surface area (Å²) in [5, 5.41) is 30.7. The summed E-state index contributed by atoms with van der Waals surface area (Å²) in [6.45, 7) is 9.60. The Bertz CT molecular complexity index is 649. The van der Waals surface area contributed by atoms with Crippen LogP contribution in [0.1, 0.15) is 91.9 Å². The lowest BCUT2D eigenvalue weighted by Gasteiger charge is -2.63. The van der Waals surface area contributed by atoms with Crippen LogP contribution in [0.2, 0.25) is 0 Å². The monoisotopic (exact) mass is 406 g/mol. The van der Waals surface area contributed by atoms with Crippen molar-refractivity contribution in [3.8, 4) is 0 Å². The summed E-state index contributed by atoms with van der Waals surface area (Å²) < 4.78 is 0. The standard InChI is InChI=1S/C25H42O4/c1-15(5-6-21(28)29)24(3)11-9-19-22-18(8-12-25(19,24)4)23(2)10-7-17(26)13-16(23)14-20(22)27/h15-20,22,26-27H,5-14H2,1-4H3,(H,28,29)/t15-,16+,17-,18+,19+,20+,22-,23+,24-,25+/m1/s1. The van der Waals surface area contributed by atoms with Gasteiger partial charge in [0, 0.05) is 6.42 Å². The van der Waals surface area contributed by atoms with E-state index in [2.05, 4.69) is 27.7 Å². The number of hydrogen-bond donors (Lipinski definition) is 3. The number of fused-ring (bicyclic) bond motifs is 5. The third-order valence-electron chi connectivity index (χ3n) is 11.2. The Labute approximate surface area is 176 Å². The molecule has 0 aromatic rings. The molecule has 4 aliphatic rings. The summed E-state index contributed by atoms with van der Waals surface area (Å²) in [5.41, 5.74) is 0.598. The van der Waals surface area contributed by atoms with Crippen LogP contribution in [0.15, 0.2) is 0 Å². The smallest absolute Gasteiger partial charge is 0.303 e. The molecular formula is C25H42O4. The molecule has 4 aliphatic carbocycles. The first-order chi connectivity index (χ1) is 13.5. The van der Waals surface area contributed by atoms with Gasteiger partial charge in [0.15, 0.2) is 0 Å². The van der Waals surface area contributed by atoms with E-state index in [1.165, 1.54) is 19.3 Å². The molecule has 0 bridgehead atoms. The molecule has 0 amide bonds. The van der Waals surface area contributed by atoms with Crippen molar-refractivity contribution >= 4 is 5.97 Å². The number of carbonyl (C=O) groups is 1. The van der Waals surface area contributed by atoms with Crippen LogP contribution in [0.5, 0.6) is 0 Å². The van der Waals surface area contributed by atoms with Gasteiger partial charge in [-0.3, -0.25) is 4.79 Å². The first kappa shape index (κ1) is 21.6. The molecule has 0 aromatic heterocycles. The van der Waals surface area contributed by atoms with E-state index in [1.807, 2.05) is 0 Å². The SMILES string of the molecule is C[C@H](CCC(=O)O)[C@@]1(C)CC[C@H]2[C@@H]3[C@@H](O)C[C@@H]4C[C@H](O)CC[C@]4(C)[C@H]3CC[C@@]21C. The average molecular weight is 407 g/mol. The molecule has 4 rings (SSSR count). The third kappa shape index (κ3) is 3.11. The molecule has 4 heteroatoms. The van der Waals surface area contributed by atoms with Crippen LogP contribution >= 0.6 is 0 Å². The quantitative estimate of drug-likeness (QED) is 0.622. The van der Waals surface area contributed by atoms with Crippen molar-refractivity contribution in [2.45, 2.75) is 104 Å². The van der Waals surface area contributed by atoms with Crippen molar-refractivity contribution in [1.82, 2.24) is 0 Å². The maximum absolute atomic E-state index is 11.3. The predicted molar refractivity (Wildman–Crippen MR) is 113 cm³/mol. The molecule has 0 heterocycles. The molecule has 29 heavy (non-hydrogen) atoms. The van der Waals surface area contributed by atoms with Gasteiger partial charge in [0.1, 0.15) is 0 Å². The van der Waals surface area contributed by atoms with Gasteiger partial charge in [-0.1, -0.05) is 27.7 Å². The Hall–Kier alpha value is -0.610. The third-order valence-corrected chi connectivity index (χ3v) is 11.2. The van der Waals surface area contributed by atoms with Gasteiger partial charge < -0.3 is 15.3 Å². The summed E-state index contributed by atoms with van der Waals surface area (Å²) in [6.07, 6.45) is 9.02. The Morgan fingerprint density at radius 1 is 1.00 bits per heavy atom. The van der Waals surface area contributed by atoms with Gasteiger partial charge in [-0.05, 0) is 104 Å². The van der Waals surface area contributed by atoms with E-state index in [9.17, 15) is 20.1 Å². The summed E-state index contributed by atoms with van der Waals surface area (Å²) >= 11 is 0. The number of carboxylic acids is 1. The second kappa shape index (κ2) is 7.22. The molecule has 0 saturated heterocycles. The van der Waals surface area contributed by atoms with Crippen molar-refractivity contribution in [1.29, 1.82) is 0 Å². The van der Waals surface area contributed by atoms with Gasteiger partial charge in [-0.15, -0.1) is 0 Å². The van der Waals surface area contributed by atoms with E-state index in [0.717, 1.165) is 38.5 Å². The average Bonchev–Trinajstić information content (AvgIpc) is 2.93. The number of aliphatic hydroxyl groups excluding tert-OH is 2. The highest BCUT2D eigenvalue weighted by molar-refractivity contribution is 5.66. The molecule has 0 radical (unpaired) electrons. The van der Waals surface area contributed by atoms with Crippen LogP contribution in [0.3, 0.4) is 0 Å². The van der Waals surface area contributed by atoms with Gasteiger partial charge >= 0.3 is 5.97 Å². The number of carboxylic acid groups (broad SMARTS) is 1. The molecule has 4 nitrogen and oxygen atoms in total. The zero-order valence-corrected chi connectivity index (χ0v) is 18.9. The molecule has 0 unspecified atom stereocenters. The molecule has 4 saturated carbocycles. The highest BCUT2D eigenvalue weighted by Crippen LogP contribution is 2.72. The minimum Gasteiger partial charge on any atom is -0.481 e. The Balaban J connectivity index is 1.60. The zero-order chi connectivity index (χ0) is 21.2. The van der Waals surface area contributed by atoms with Crippen molar-refractivity contribution in [2.24, 2.45) is 45.8 Å². The van der Waals surface area contributed by atoms with E-state index in [-0.39, 0.29) is 34.9 Å². The normalized spacial score (nSPS) is 52.9. The Morgan fingerprint density at radius 3 is 2.38 bits per heavy atom. The van der Waals surface area contributed by atoms with Crippen LogP contribution in [-0.2, 0) is 4.79 Å². The molecule has 0 spiro atoms. The van der Waals surface area contributed by atoms with Gasteiger partial charge in [0.25, 0.3) is 0 Å². The Kier molecular flexibility index (Phi) is 5.38. The number of aliphatic carboxylic acids is 1. The maximum Gasteiger partial charge on any atom is 0.303 e. The molecular weight excluding hydrogens is 364 g/mol. The Morgan fingerprint density at radius 2 is 1.69 bits per heavy atom. The lowest BCUT2D eigenvalue weighted by atomic mass is 9.42. The van der Waals surface area contributed by atoms with Crippen molar-refractivity contribution < 1.29 is 20.1 Å². The minimum absolute atomic E-state index is 0.151. The fraction of sp³-hybridized carbons (Fsp3) is 0.960. The molecule has 166 valence electrons. The summed E-state index contributed by atoms with van der Waals surface area (Å²) in [4.78, 5) is 11.2. The van der Waals surface area contributed by atoms with Crippen molar-refractivity contribution in [3.63, 3.8) is 0 Å². The predicted octanol–water partition coefficient (Wildman–Crippen LogP) is 4.87. The van der Waals surface area contributed by atoms with Crippen LogP contribution in [0.25, 0.3) is 0 Å². The van der Waals surface area contributed by atoms with Crippen molar-refractivity contribution in [2.75, 3.05) is 0 Å². The molecule has 4 fully saturated rings. The number of rotatable bonds is 4. The zero-order valence-electron chi connectivity index (χ0n) is 18.9. The number of aliphatic hydroxyl groups is 2. The van der Waals surface area contributed by atoms with Crippen LogP contribution < -0.4 is 0 Å². The van der Waals surface area contributed by atoms with Gasteiger partial charge in [0.05, 0.1) is 12.2 Å². The highest BCUT2D eigenvalue weighted by Gasteiger charge is 2.65. The molecule has 0 aliphatic heterocycles. The first-order valence-corrected chi connectivity index (χ1v) is 12.1. The summed E-state index contributed by atoms with van der Waals surface area (Å²) in [6, 6.07) is 0. The van der Waals surface area contributed by atoms with Gasteiger partial charge in [-0.2, -0.15) is 0 Å². The lowest BCUT2D eigenvalue weighted by molar-refractivity contribution is -0.183. The van der Waals surface area contributed by atoms with Crippen molar-refractivity contribution in [3.05, 3.63) is 0 Å². The summed E-state index contributed by atoms with van der Waals surface area (Å²) in [7, 11) is 0. The first-order valence-electron chi connectivity index (χ1n) is 12.1. The van der Waals surface area contributed by atoms with Crippen LogP contribution in [0.4, 0.5) is 0 Å². The van der Waals surface area contributed by atoms with E-state index >= 15 is 0 Å². The fourth-order valence-electron chi connectivity index (χ4n) is 8.97. The number of hydrogen-bond acceptors (Lipinski definition) is 3. The van der Waals surface area contributed by atoms with Crippen LogP contribution in [0, 0.1) is 45.8 Å². The molecule has 0 aromatic carbocycles. The van der Waals surface area contributed by atoms with Gasteiger partial charge in [-0.25, -0.2) is 0 Å². The lowest BCUT2D eigenvalue weighted by Crippen LogP contribution is -2.59. The summed E-state index contributed by atoms with van der Waals surface area (Å²) in [5.74, 6) is 1.63. The second-order valence-corrected chi connectivity index (χ2v) is 12.0. The molecule has 3 N–H and O–H groups in total. The van der Waals surface area contributed by atoms with Crippen LogP contribution in [-0.4, -0.2) is 33.5 Å².